The van der Waals surface area contributed by atoms with Crippen molar-refractivity contribution in [2.24, 2.45) is 0 Å². The van der Waals surface area contributed by atoms with E-state index < -0.39 is 22.1 Å². The largest absolute Gasteiger partial charge is 0.352 e. The zero-order chi connectivity index (χ0) is 12.1. The van der Waals surface area contributed by atoms with Gasteiger partial charge in [0.1, 0.15) is 0 Å². The van der Waals surface area contributed by atoms with E-state index in [0.717, 1.165) is 6.07 Å². The van der Waals surface area contributed by atoms with Gasteiger partial charge in [0, 0.05) is 17.0 Å². The summed E-state index contributed by atoms with van der Waals surface area (Å²) in [5, 5.41) is 0.220. The average Bonchev–Trinajstić information content (AvgIpc) is 2.28. The fourth-order valence-electron chi connectivity index (χ4n) is 1.10. The van der Waals surface area contributed by atoms with Crippen LogP contribution in [0, 0.1) is 0 Å². The molecule has 0 aromatic heterocycles. The maximum atomic E-state index is 13.0. The van der Waals surface area contributed by atoms with E-state index in [1.807, 2.05) is 0 Å². The molecule has 2 nitrogen and oxygen atoms in total. The van der Waals surface area contributed by atoms with Gasteiger partial charge in [0.15, 0.2) is 0 Å². The monoisotopic (exact) mass is 249 g/mol. The Labute approximate surface area is 93.7 Å². The number of carbonyl (C=O) groups excluding carboxylic acids is 1. The van der Waals surface area contributed by atoms with E-state index in [1.54, 1.807) is 6.92 Å². The molecule has 1 unspecified atom stereocenters. The summed E-state index contributed by atoms with van der Waals surface area (Å²) < 4.78 is 37.1. The van der Waals surface area contributed by atoms with Gasteiger partial charge in [0.25, 0.3) is 5.91 Å². The molecule has 0 saturated carbocycles. The van der Waals surface area contributed by atoms with Crippen molar-refractivity contribution in [3.8, 4) is 0 Å². The SMILES string of the molecule is CCNC(=O)c1cccc(S(F)=C(F)F)c1. The predicted molar refractivity (Wildman–Crippen MR) is 58.6 cm³/mol. The van der Waals surface area contributed by atoms with Crippen LogP contribution in [0.4, 0.5) is 12.7 Å². The van der Waals surface area contributed by atoms with Crippen LogP contribution in [-0.2, 0) is 0 Å². The molecule has 0 fully saturated rings. The van der Waals surface area contributed by atoms with E-state index >= 15 is 0 Å². The standard InChI is InChI=1S/C10H10F3NOS/c1-2-14-9(15)7-4-3-5-8(6-7)16(13)10(11)12/h3-6H,2H2,1H3,(H,14,15). The molecule has 0 saturated heterocycles. The minimum Gasteiger partial charge on any atom is -0.352 e. The van der Waals surface area contributed by atoms with Crippen LogP contribution < -0.4 is 5.32 Å². The third kappa shape index (κ3) is 3.10. The Hall–Kier alpha value is -1.30. The predicted octanol–water partition coefficient (Wildman–Crippen LogP) is 2.98. The van der Waals surface area contributed by atoms with Crippen molar-refractivity contribution in [3.05, 3.63) is 29.8 Å². The Morgan fingerprint density at radius 3 is 2.69 bits per heavy atom. The van der Waals surface area contributed by atoms with Gasteiger partial charge in [-0.1, -0.05) is 6.07 Å². The molecule has 0 heterocycles. The summed E-state index contributed by atoms with van der Waals surface area (Å²) in [6, 6.07) is 5.18. The molecular weight excluding hydrogens is 239 g/mol. The number of hydrogen-bond donors (Lipinski definition) is 1. The Kier molecular flexibility index (Phi) is 4.54. The first-order valence-corrected chi connectivity index (χ1v) is 5.65. The van der Waals surface area contributed by atoms with E-state index in [4.69, 9.17) is 0 Å². The number of hydrogen-bond acceptors (Lipinski definition) is 1. The van der Waals surface area contributed by atoms with Crippen LogP contribution in [-0.4, -0.2) is 17.8 Å². The number of benzene rings is 1. The van der Waals surface area contributed by atoms with Gasteiger partial charge in [-0.15, -0.1) is 0 Å². The summed E-state index contributed by atoms with van der Waals surface area (Å²) >= 11 is 0. The Morgan fingerprint density at radius 1 is 1.44 bits per heavy atom. The molecule has 1 N–H and O–H groups in total. The highest BCUT2D eigenvalue weighted by Gasteiger charge is 2.10. The molecule has 1 aromatic carbocycles. The van der Waals surface area contributed by atoms with Crippen molar-refractivity contribution in [1.29, 1.82) is 0 Å². The highest BCUT2D eigenvalue weighted by molar-refractivity contribution is 8.11. The number of nitrogens with one attached hydrogen (secondary N) is 1. The number of amides is 1. The lowest BCUT2D eigenvalue weighted by atomic mass is 10.2. The number of carbonyl (C=O) groups is 1. The van der Waals surface area contributed by atoms with Crippen LogP contribution >= 0.6 is 10.9 Å². The van der Waals surface area contributed by atoms with Gasteiger partial charge in [-0.05, 0) is 25.1 Å². The number of rotatable bonds is 3. The molecule has 1 amide bonds. The van der Waals surface area contributed by atoms with Crippen molar-refractivity contribution >= 4 is 22.1 Å². The Balaban J connectivity index is 3.05. The van der Waals surface area contributed by atoms with E-state index in [-0.39, 0.29) is 10.5 Å². The van der Waals surface area contributed by atoms with Crippen molar-refractivity contribution in [2.45, 2.75) is 11.8 Å². The van der Waals surface area contributed by atoms with Crippen LogP contribution in [0.3, 0.4) is 0 Å². The molecule has 0 bridgehead atoms. The summed E-state index contributed by atoms with van der Waals surface area (Å²) in [6.07, 6.45) is 0. The minimum absolute atomic E-state index is 0.177. The molecule has 1 atom stereocenters. The summed E-state index contributed by atoms with van der Waals surface area (Å²) in [7, 11) is -2.71. The Morgan fingerprint density at radius 2 is 2.12 bits per heavy atom. The highest BCUT2D eigenvalue weighted by Crippen LogP contribution is 2.30. The maximum Gasteiger partial charge on any atom is 0.328 e. The molecular formula is C10H10F3NOS. The molecule has 0 aliphatic heterocycles. The summed E-state index contributed by atoms with van der Waals surface area (Å²) in [6.45, 7) is 2.16. The van der Waals surface area contributed by atoms with Crippen molar-refractivity contribution < 1.29 is 17.5 Å². The molecule has 1 aromatic rings. The zero-order valence-electron chi connectivity index (χ0n) is 8.47. The topological polar surface area (TPSA) is 29.1 Å². The van der Waals surface area contributed by atoms with E-state index in [1.165, 1.54) is 18.2 Å². The van der Waals surface area contributed by atoms with E-state index in [9.17, 15) is 17.5 Å². The van der Waals surface area contributed by atoms with Crippen LogP contribution in [0.25, 0.3) is 0 Å². The van der Waals surface area contributed by atoms with E-state index in [2.05, 4.69) is 5.32 Å². The van der Waals surface area contributed by atoms with Gasteiger partial charge in [0.05, 0.1) is 10.9 Å². The number of halogens is 3. The van der Waals surface area contributed by atoms with Gasteiger partial charge in [0.2, 0.25) is 0 Å². The minimum atomic E-state index is -2.71. The second-order valence-corrected chi connectivity index (χ2v) is 4.16. The molecule has 0 radical (unpaired) electrons. The smallest absolute Gasteiger partial charge is 0.328 e. The zero-order valence-corrected chi connectivity index (χ0v) is 9.28. The van der Waals surface area contributed by atoms with Gasteiger partial charge < -0.3 is 5.32 Å². The quantitative estimate of drug-likeness (QED) is 0.647. The van der Waals surface area contributed by atoms with Crippen LogP contribution in [0.2, 0.25) is 0 Å². The Bertz CT molecular complexity index is 430. The van der Waals surface area contributed by atoms with Crippen molar-refractivity contribution in [2.75, 3.05) is 6.54 Å². The average molecular weight is 249 g/mol. The lowest BCUT2D eigenvalue weighted by Gasteiger charge is -2.03. The van der Waals surface area contributed by atoms with Crippen LogP contribution in [0.1, 0.15) is 17.3 Å². The maximum absolute atomic E-state index is 13.0. The third-order valence-corrected chi connectivity index (χ3v) is 2.71. The summed E-state index contributed by atoms with van der Waals surface area (Å²) in [4.78, 5) is 11.2. The van der Waals surface area contributed by atoms with Gasteiger partial charge >= 0.3 is 5.37 Å². The van der Waals surface area contributed by atoms with Crippen molar-refractivity contribution in [1.82, 2.24) is 5.32 Å². The highest BCUT2D eigenvalue weighted by atomic mass is 32.2. The van der Waals surface area contributed by atoms with Crippen LogP contribution in [0.15, 0.2) is 29.2 Å². The first-order valence-electron chi connectivity index (χ1n) is 4.53. The first-order chi connectivity index (χ1) is 7.56. The van der Waals surface area contributed by atoms with Crippen LogP contribution in [0.5, 0.6) is 0 Å². The molecule has 88 valence electrons. The second-order valence-electron chi connectivity index (χ2n) is 2.87. The molecule has 0 aliphatic rings. The van der Waals surface area contributed by atoms with Gasteiger partial charge in [-0.3, -0.25) is 4.79 Å². The molecule has 16 heavy (non-hydrogen) atoms. The first kappa shape index (κ1) is 12.8. The van der Waals surface area contributed by atoms with Gasteiger partial charge in [-0.25, -0.2) is 0 Å². The molecule has 0 spiro atoms. The van der Waals surface area contributed by atoms with Crippen molar-refractivity contribution in [3.63, 3.8) is 0 Å². The second kappa shape index (κ2) is 5.69. The lowest BCUT2D eigenvalue weighted by Crippen LogP contribution is -2.22. The summed E-state index contributed by atoms with van der Waals surface area (Å²) in [5.41, 5.74) is 0.177. The third-order valence-electron chi connectivity index (χ3n) is 1.78. The fraction of sp³-hybridized carbons (Fsp3) is 0.200. The molecule has 0 aliphatic carbocycles. The fourth-order valence-corrected chi connectivity index (χ4v) is 1.71. The molecule has 6 heteroatoms. The van der Waals surface area contributed by atoms with Gasteiger partial charge in [-0.2, -0.15) is 12.7 Å². The normalized spacial score (nSPS) is 12.0. The van der Waals surface area contributed by atoms with E-state index in [0.29, 0.717) is 6.54 Å². The summed E-state index contributed by atoms with van der Waals surface area (Å²) in [5.74, 6) is -0.402. The lowest BCUT2D eigenvalue weighted by molar-refractivity contribution is 0.0955. The molecule has 1 rings (SSSR count).